The number of aryl methyl sites for hydroxylation is 1. The van der Waals surface area contributed by atoms with Gasteiger partial charge in [-0.15, -0.1) is 0 Å². The summed E-state index contributed by atoms with van der Waals surface area (Å²) >= 11 is 0. The van der Waals surface area contributed by atoms with Gasteiger partial charge in [-0.3, -0.25) is 10.1 Å². The number of hydrogen-bond donors (Lipinski definition) is 2. The van der Waals surface area contributed by atoms with Crippen LogP contribution in [0.4, 0.5) is 11.5 Å². The number of anilines is 2. The number of nitrogens with zero attached hydrogens (tertiary/aromatic N) is 2. The van der Waals surface area contributed by atoms with Crippen molar-refractivity contribution in [2.45, 2.75) is 37.3 Å². The number of ether oxygens (including phenoxy) is 2. The zero-order valence-corrected chi connectivity index (χ0v) is 18.3. The molecule has 0 amide bonds. The SMILES string of the molecule is COc1cc2nccc(Nc3n[nH]c(C)c3C)c2cc1S(=O)(=O)C1CCOCC1C. The lowest BCUT2D eigenvalue weighted by Crippen LogP contribution is -2.36. The second kappa shape index (κ2) is 7.88. The molecular formula is C21H26N4O4S. The number of benzene rings is 1. The number of H-pyrrole nitrogens is 1. The van der Waals surface area contributed by atoms with Gasteiger partial charge in [0, 0.05) is 35.5 Å². The van der Waals surface area contributed by atoms with Crippen LogP contribution in [-0.4, -0.2) is 49.2 Å². The van der Waals surface area contributed by atoms with Crippen molar-refractivity contribution < 1.29 is 17.9 Å². The fraction of sp³-hybridized carbons (Fsp3) is 0.429. The van der Waals surface area contributed by atoms with Gasteiger partial charge in [-0.2, -0.15) is 5.10 Å². The van der Waals surface area contributed by atoms with Gasteiger partial charge in [0.05, 0.1) is 30.2 Å². The Morgan fingerprint density at radius 1 is 1.30 bits per heavy atom. The van der Waals surface area contributed by atoms with E-state index in [-0.39, 0.29) is 10.8 Å². The Morgan fingerprint density at radius 2 is 2.10 bits per heavy atom. The predicted molar refractivity (Wildman–Crippen MR) is 115 cm³/mol. The first-order valence-electron chi connectivity index (χ1n) is 9.90. The van der Waals surface area contributed by atoms with Crippen molar-refractivity contribution in [3.05, 3.63) is 35.7 Å². The molecule has 2 N–H and O–H groups in total. The summed E-state index contributed by atoms with van der Waals surface area (Å²) in [6, 6.07) is 5.15. The summed E-state index contributed by atoms with van der Waals surface area (Å²) in [6.07, 6.45) is 2.14. The van der Waals surface area contributed by atoms with Gasteiger partial charge in [-0.1, -0.05) is 6.92 Å². The van der Waals surface area contributed by atoms with Gasteiger partial charge in [0.1, 0.15) is 10.6 Å². The molecule has 0 spiro atoms. The van der Waals surface area contributed by atoms with E-state index in [1.165, 1.54) is 7.11 Å². The molecule has 30 heavy (non-hydrogen) atoms. The highest BCUT2D eigenvalue weighted by atomic mass is 32.2. The number of aromatic amines is 1. The van der Waals surface area contributed by atoms with E-state index >= 15 is 0 Å². The van der Waals surface area contributed by atoms with Crippen molar-refractivity contribution in [1.82, 2.24) is 15.2 Å². The molecule has 160 valence electrons. The molecule has 0 saturated carbocycles. The van der Waals surface area contributed by atoms with Crippen LogP contribution in [0, 0.1) is 19.8 Å². The molecule has 2 aromatic heterocycles. The first-order chi connectivity index (χ1) is 14.3. The number of fused-ring (bicyclic) bond motifs is 1. The summed E-state index contributed by atoms with van der Waals surface area (Å²) in [5, 5.41) is 10.7. The van der Waals surface area contributed by atoms with Crippen molar-refractivity contribution in [2.75, 3.05) is 25.6 Å². The minimum Gasteiger partial charge on any atom is -0.495 e. The second-order valence-corrected chi connectivity index (χ2v) is 9.89. The molecule has 3 heterocycles. The van der Waals surface area contributed by atoms with E-state index in [1.54, 1.807) is 18.3 Å². The molecule has 1 saturated heterocycles. The number of aromatic nitrogens is 3. The lowest BCUT2D eigenvalue weighted by molar-refractivity contribution is 0.0637. The Hall–Kier alpha value is -2.65. The highest BCUT2D eigenvalue weighted by molar-refractivity contribution is 7.92. The minimum atomic E-state index is -3.62. The summed E-state index contributed by atoms with van der Waals surface area (Å²) in [7, 11) is -2.14. The topological polar surface area (TPSA) is 106 Å². The smallest absolute Gasteiger partial charge is 0.185 e. The maximum Gasteiger partial charge on any atom is 0.185 e. The van der Waals surface area contributed by atoms with Crippen LogP contribution in [0.3, 0.4) is 0 Å². The van der Waals surface area contributed by atoms with Crippen molar-refractivity contribution in [3.63, 3.8) is 0 Å². The van der Waals surface area contributed by atoms with Crippen LogP contribution in [0.1, 0.15) is 24.6 Å². The number of rotatable bonds is 5. The third-order valence-corrected chi connectivity index (χ3v) is 8.23. The van der Waals surface area contributed by atoms with E-state index in [4.69, 9.17) is 9.47 Å². The van der Waals surface area contributed by atoms with Gasteiger partial charge in [-0.25, -0.2) is 8.42 Å². The van der Waals surface area contributed by atoms with E-state index in [0.717, 1.165) is 16.9 Å². The van der Waals surface area contributed by atoms with E-state index in [9.17, 15) is 8.42 Å². The Labute approximate surface area is 175 Å². The van der Waals surface area contributed by atoms with Gasteiger partial charge in [0.25, 0.3) is 0 Å². The molecule has 1 aliphatic heterocycles. The van der Waals surface area contributed by atoms with E-state index in [0.29, 0.717) is 42.1 Å². The van der Waals surface area contributed by atoms with E-state index in [1.807, 2.05) is 26.8 Å². The molecule has 1 aliphatic rings. The number of nitrogens with one attached hydrogen (secondary N) is 2. The molecule has 0 radical (unpaired) electrons. The average molecular weight is 431 g/mol. The van der Waals surface area contributed by atoms with Gasteiger partial charge in [0.15, 0.2) is 15.7 Å². The highest BCUT2D eigenvalue weighted by Gasteiger charge is 2.36. The van der Waals surface area contributed by atoms with Gasteiger partial charge < -0.3 is 14.8 Å². The Bertz CT molecular complexity index is 1190. The average Bonchev–Trinajstić information content (AvgIpc) is 3.05. The van der Waals surface area contributed by atoms with E-state index in [2.05, 4.69) is 20.5 Å². The van der Waals surface area contributed by atoms with Crippen LogP contribution in [0.5, 0.6) is 5.75 Å². The normalized spacial score (nSPS) is 19.7. The molecule has 2 atom stereocenters. The van der Waals surface area contributed by atoms with Crippen LogP contribution in [0.15, 0.2) is 29.3 Å². The summed E-state index contributed by atoms with van der Waals surface area (Å²) < 4.78 is 38.0. The molecule has 9 heteroatoms. The second-order valence-electron chi connectivity index (χ2n) is 7.75. The molecule has 1 fully saturated rings. The standard InChI is InChI=1S/C21H26N4O4S/c1-12-11-29-8-6-19(12)30(26,27)20-9-15-16(23-21-13(2)14(3)24-25-21)5-7-22-17(15)10-18(20)28-4/h5,7,9-10,12,19H,6,8,11H2,1-4H3,(H2,22,23,24,25). The summed E-state index contributed by atoms with van der Waals surface area (Å²) in [6.45, 7) is 6.70. The predicted octanol–water partition coefficient (Wildman–Crippen LogP) is 3.53. The number of sulfone groups is 1. The quantitative estimate of drug-likeness (QED) is 0.638. The maximum atomic E-state index is 13.6. The molecule has 0 bridgehead atoms. The molecule has 8 nitrogen and oxygen atoms in total. The molecule has 0 aliphatic carbocycles. The Kier molecular flexibility index (Phi) is 5.42. The number of pyridine rings is 1. The molecule has 1 aromatic carbocycles. The van der Waals surface area contributed by atoms with Crippen LogP contribution < -0.4 is 10.1 Å². The summed E-state index contributed by atoms with van der Waals surface area (Å²) in [5.74, 6) is 0.904. The van der Waals surface area contributed by atoms with E-state index < -0.39 is 15.1 Å². The molecule has 4 rings (SSSR count). The number of methoxy groups -OCH3 is 1. The van der Waals surface area contributed by atoms with Crippen molar-refractivity contribution in [3.8, 4) is 5.75 Å². The lowest BCUT2D eigenvalue weighted by Gasteiger charge is -2.29. The Balaban J connectivity index is 1.85. The maximum absolute atomic E-state index is 13.6. The fourth-order valence-electron chi connectivity index (χ4n) is 3.86. The first-order valence-corrected chi connectivity index (χ1v) is 11.4. The third kappa shape index (κ3) is 3.52. The van der Waals surface area contributed by atoms with Crippen LogP contribution in [-0.2, 0) is 14.6 Å². The fourth-order valence-corrected chi connectivity index (χ4v) is 5.99. The third-order valence-electron chi connectivity index (χ3n) is 5.80. The van der Waals surface area contributed by atoms with Crippen LogP contribution in [0.25, 0.3) is 10.9 Å². The zero-order chi connectivity index (χ0) is 21.5. The zero-order valence-electron chi connectivity index (χ0n) is 17.5. The highest BCUT2D eigenvalue weighted by Crippen LogP contribution is 2.37. The number of hydrogen-bond acceptors (Lipinski definition) is 7. The molecular weight excluding hydrogens is 404 g/mol. The first kappa shape index (κ1) is 20.6. The van der Waals surface area contributed by atoms with Crippen LogP contribution in [0.2, 0.25) is 0 Å². The Morgan fingerprint density at radius 3 is 2.77 bits per heavy atom. The summed E-state index contributed by atoms with van der Waals surface area (Å²) in [4.78, 5) is 4.59. The minimum absolute atomic E-state index is 0.0923. The monoisotopic (exact) mass is 430 g/mol. The van der Waals surface area contributed by atoms with Crippen molar-refractivity contribution in [2.24, 2.45) is 5.92 Å². The lowest BCUT2D eigenvalue weighted by atomic mass is 10.0. The molecule has 2 unspecified atom stereocenters. The van der Waals surface area contributed by atoms with Gasteiger partial charge in [0.2, 0.25) is 0 Å². The van der Waals surface area contributed by atoms with Crippen LogP contribution >= 0.6 is 0 Å². The van der Waals surface area contributed by atoms with Crippen molar-refractivity contribution >= 4 is 32.2 Å². The van der Waals surface area contributed by atoms with Gasteiger partial charge in [-0.05, 0) is 38.3 Å². The molecule has 3 aromatic rings. The van der Waals surface area contributed by atoms with Crippen molar-refractivity contribution in [1.29, 1.82) is 0 Å². The van der Waals surface area contributed by atoms with Gasteiger partial charge >= 0.3 is 0 Å². The largest absolute Gasteiger partial charge is 0.495 e. The summed E-state index contributed by atoms with van der Waals surface area (Å²) in [5.41, 5.74) is 3.33.